The van der Waals surface area contributed by atoms with Gasteiger partial charge in [0.15, 0.2) is 0 Å². The number of ether oxygens (including phenoxy) is 2. The highest BCUT2D eigenvalue weighted by Crippen LogP contribution is 2.13. The van der Waals surface area contributed by atoms with Crippen LogP contribution in [-0.2, 0) is 19.1 Å². The molecule has 0 saturated carbocycles. The SMILES string of the molecule is CCCOC(=O)CCCCCCCCCCCCCC(=O)OCCC. The summed E-state index contributed by atoms with van der Waals surface area (Å²) in [4.78, 5) is 22.6. The lowest BCUT2D eigenvalue weighted by Gasteiger charge is -2.04. The van der Waals surface area contributed by atoms with Crippen molar-refractivity contribution in [3.63, 3.8) is 0 Å². The van der Waals surface area contributed by atoms with Crippen molar-refractivity contribution in [1.82, 2.24) is 0 Å². The van der Waals surface area contributed by atoms with Gasteiger partial charge in [-0.1, -0.05) is 71.6 Å². The fourth-order valence-electron chi connectivity index (χ4n) is 2.71. The fourth-order valence-corrected chi connectivity index (χ4v) is 2.71. The molecule has 148 valence electrons. The molecule has 0 saturated heterocycles. The van der Waals surface area contributed by atoms with E-state index >= 15 is 0 Å². The lowest BCUT2D eigenvalue weighted by Crippen LogP contribution is -2.04. The topological polar surface area (TPSA) is 52.6 Å². The largest absolute Gasteiger partial charge is 0.466 e. The zero-order valence-electron chi connectivity index (χ0n) is 16.7. The van der Waals surface area contributed by atoms with Gasteiger partial charge < -0.3 is 9.47 Å². The van der Waals surface area contributed by atoms with Gasteiger partial charge in [-0.05, 0) is 25.7 Å². The van der Waals surface area contributed by atoms with Gasteiger partial charge in [0.05, 0.1) is 13.2 Å². The average molecular weight is 357 g/mol. The summed E-state index contributed by atoms with van der Waals surface area (Å²) in [5.41, 5.74) is 0. The van der Waals surface area contributed by atoms with E-state index < -0.39 is 0 Å². The molecule has 0 fully saturated rings. The zero-order valence-corrected chi connectivity index (χ0v) is 16.7. The molecule has 0 aliphatic rings. The number of rotatable bonds is 18. The van der Waals surface area contributed by atoms with Crippen molar-refractivity contribution in [2.24, 2.45) is 0 Å². The molecule has 4 nitrogen and oxygen atoms in total. The first kappa shape index (κ1) is 23.9. The highest BCUT2D eigenvalue weighted by molar-refractivity contribution is 5.69. The summed E-state index contributed by atoms with van der Waals surface area (Å²) in [5, 5.41) is 0. The Labute approximate surface area is 155 Å². The van der Waals surface area contributed by atoms with Gasteiger partial charge in [-0.15, -0.1) is 0 Å². The van der Waals surface area contributed by atoms with Crippen LogP contribution in [0.15, 0.2) is 0 Å². The van der Waals surface area contributed by atoms with Gasteiger partial charge >= 0.3 is 11.9 Å². The molecule has 0 bridgehead atoms. The number of esters is 2. The minimum atomic E-state index is -0.0412. The quantitative estimate of drug-likeness (QED) is 0.224. The standard InChI is InChI=1S/C21H40O4/c1-3-18-24-20(22)16-14-12-10-8-6-5-7-9-11-13-15-17-21(23)25-19-4-2/h3-19H2,1-2H3. The van der Waals surface area contributed by atoms with Crippen molar-refractivity contribution in [3.8, 4) is 0 Å². The first-order valence-electron chi connectivity index (χ1n) is 10.5. The number of unbranched alkanes of at least 4 members (excludes halogenated alkanes) is 10. The second-order valence-electron chi connectivity index (χ2n) is 6.83. The number of carbonyl (C=O) groups is 2. The van der Waals surface area contributed by atoms with Crippen LogP contribution in [-0.4, -0.2) is 25.2 Å². The van der Waals surface area contributed by atoms with E-state index in [-0.39, 0.29) is 11.9 Å². The van der Waals surface area contributed by atoms with Crippen LogP contribution in [0.3, 0.4) is 0 Å². The number of carbonyl (C=O) groups excluding carboxylic acids is 2. The van der Waals surface area contributed by atoms with Crippen molar-refractivity contribution in [2.45, 2.75) is 110 Å². The lowest BCUT2D eigenvalue weighted by atomic mass is 10.0. The van der Waals surface area contributed by atoms with E-state index in [0.717, 1.165) is 38.5 Å². The molecule has 0 N–H and O–H groups in total. The van der Waals surface area contributed by atoms with Crippen LogP contribution in [0.1, 0.15) is 110 Å². The van der Waals surface area contributed by atoms with Gasteiger partial charge in [-0.2, -0.15) is 0 Å². The van der Waals surface area contributed by atoms with Gasteiger partial charge in [0, 0.05) is 12.8 Å². The van der Waals surface area contributed by atoms with Crippen molar-refractivity contribution < 1.29 is 19.1 Å². The molecule has 0 aromatic heterocycles. The van der Waals surface area contributed by atoms with Crippen molar-refractivity contribution in [1.29, 1.82) is 0 Å². The molecule has 0 heterocycles. The molecule has 0 aliphatic heterocycles. The highest BCUT2D eigenvalue weighted by Gasteiger charge is 2.02. The maximum Gasteiger partial charge on any atom is 0.305 e. The third kappa shape index (κ3) is 19.1. The Kier molecular flexibility index (Phi) is 18.5. The summed E-state index contributed by atoms with van der Waals surface area (Å²) in [5.74, 6) is -0.0825. The number of hydrogen-bond donors (Lipinski definition) is 0. The maximum atomic E-state index is 11.3. The van der Waals surface area contributed by atoms with Crippen LogP contribution < -0.4 is 0 Å². The Balaban J connectivity index is 3.14. The van der Waals surface area contributed by atoms with Crippen LogP contribution in [0.2, 0.25) is 0 Å². The molecule has 0 radical (unpaired) electrons. The molecule has 0 aromatic rings. The molecule has 0 rings (SSSR count). The van der Waals surface area contributed by atoms with Gasteiger partial charge in [0.1, 0.15) is 0 Å². The highest BCUT2D eigenvalue weighted by atomic mass is 16.5. The first-order valence-corrected chi connectivity index (χ1v) is 10.5. The summed E-state index contributed by atoms with van der Waals surface area (Å²) in [6, 6.07) is 0. The van der Waals surface area contributed by atoms with Gasteiger partial charge in [-0.25, -0.2) is 0 Å². The molecule has 25 heavy (non-hydrogen) atoms. The summed E-state index contributed by atoms with van der Waals surface area (Å²) in [6.45, 7) is 5.14. The minimum absolute atomic E-state index is 0.0412. The first-order chi connectivity index (χ1) is 12.2. The third-order valence-corrected chi connectivity index (χ3v) is 4.20. The van der Waals surface area contributed by atoms with Gasteiger partial charge in [-0.3, -0.25) is 9.59 Å². The fraction of sp³-hybridized carbons (Fsp3) is 0.905. The minimum Gasteiger partial charge on any atom is -0.466 e. The smallest absolute Gasteiger partial charge is 0.305 e. The van der Waals surface area contributed by atoms with Crippen LogP contribution >= 0.6 is 0 Å². The average Bonchev–Trinajstić information content (AvgIpc) is 2.61. The Hall–Kier alpha value is -1.06. The third-order valence-electron chi connectivity index (χ3n) is 4.20. The molecule has 0 aromatic carbocycles. The molecule has 0 atom stereocenters. The Morgan fingerprint density at radius 1 is 0.520 bits per heavy atom. The van der Waals surface area contributed by atoms with E-state index in [1.165, 1.54) is 44.9 Å². The molecular formula is C21H40O4. The van der Waals surface area contributed by atoms with E-state index in [2.05, 4.69) is 0 Å². The maximum absolute atomic E-state index is 11.3. The van der Waals surface area contributed by atoms with Crippen LogP contribution in [0.4, 0.5) is 0 Å². The summed E-state index contributed by atoms with van der Waals surface area (Å²) in [6.07, 6.45) is 16.0. The van der Waals surface area contributed by atoms with E-state index in [9.17, 15) is 9.59 Å². The van der Waals surface area contributed by atoms with Crippen molar-refractivity contribution >= 4 is 11.9 Å². The monoisotopic (exact) mass is 356 g/mol. The van der Waals surface area contributed by atoms with Crippen LogP contribution in [0.25, 0.3) is 0 Å². The zero-order chi connectivity index (χ0) is 18.6. The molecule has 0 amide bonds. The normalized spacial score (nSPS) is 10.6. The summed E-state index contributed by atoms with van der Waals surface area (Å²) >= 11 is 0. The van der Waals surface area contributed by atoms with Crippen molar-refractivity contribution in [2.75, 3.05) is 13.2 Å². The van der Waals surface area contributed by atoms with Crippen LogP contribution in [0.5, 0.6) is 0 Å². The molecule has 0 aliphatic carbocycles. The van der Waals surface area contributed by atoms with Crippen molar-refractivity contribution in [3.05, 3.63) is 0 Å². The second kappa shape index (κ2) is 19.3. The predicted molar refractivity (Wildman–Crippen MR) is 103 cm³/mol. The lowest BCUT2D eigenvalue weighted by molar-refractivity contribution is -0.144. The van der Waals surface area contributed by atoms with Gasteiger partial charge in [0.2, 0.25) is 0 Å². The molecular weight excluding hydrogens is 316 g/mol. The Bertz CT molecular complexity index is 285. The van der Waals surface area contributed by atoms with Gasteiger partial charge in [0.25, 0.3) is 0 Å². The van der Waals surface area contributed by atoms with E-state index in [4.69, 9.17) is 9.47 Å². The predicted octanol–water partition coefficient (Wildman–Crippen LogP) is 5.96. The van der Waals surface area contributed by atoms with E-state index in [0.29, 0.717) is 26.1 Å². The molecule has 0 unspecified atom stereocenters. The molecule has 4 heteroatoms. The molecule has 0 spiro atoms. The summed E-state index contributed by atoms with van der Waals surface area (Å²) in [7, 11) is 0. The number of hydrogen-bond acceptors (Lipinski definition) is 4. The Morgan fingerprint density at radius 2 is 0.800 bits per heavy atom. The van der Waals surface area contributed by atoms with Crippen LogP contribution in [0, 0.1) is 0 Å². The Morgan fingerprint density at radius 3 is 1.08 bits per heavy atom. The van der Waals surface area contributed by atoms with E-state index in [1.54, 1.807) is 0 Å². The second-order valence-corrected chi connectivity index (χ2v) is 6.83. The van der Waals surface area contributed by atoms with E-state index in [1.807, 2.05) is 13.8 Å². The summed E-state index contributed by atoms with van der Waals surface area (Å²) < 4.78 is 10.1.